The molecule has 0 atom stereocenters. The summed E-state index contributed by atoms with van der Waals surface area (Å²) in [5.41, 5.74) is 2.53. The highest BCUT2D eigenvalue weighted by molar-refractivity contribution is 5.36. The highest BCUT2D eigenvalue weighted by atomic mass is 16.5. The predicted octanol–water partition coefficient (Wildman–Crippen LogP) is 3.30. The summed E-state index contributed by atoms with van der Waals surface area (Å²) in [5, 5.41) is 3.43. The molecular formula is C16H27NO2. The largest absolute Gasteiger partial charge is 0.493 e. The van der Waals surface area contributed by atoms with Crippen LogP contribution in [0.25, 0.3) is 0 Å². The Morgan fingerprint density at radius 1 is 1.16 bits per heavy atom. The van der Waals surface area contributed by atoms with Gasteiger partial charge in [0.1, 0.15) is 5.75 Å². The van der Waals surface area contributed by atoms with E-state index in [1.807, 2.05) is 0 Å². The Labute approximate surface area is 117 Å². The Balaban J connectivity index is 2.45. The van der Waals surface area contributed by atoms with E-state index in [4.69, 9.17) is 9.47 Å². The molecule has 0 unspecified atom stereocenters. The van der Waals surface area contributed by atoms with Gasteiger partial charge in [-0.15, -0.1) is 0 Å². The topological polar surface area (TPSA) is 30.5 Å². The van der Waals surface area contributed by atoms with Crippen LogP contribution in [0, 0.1) is 6.92 Å². The van der Waals surface area contributed by atoms with Gasteiger partial charge in [0.2, 0.25) is 0 Å². The minimum absolute atomic E-state index is 0.757. The first kappa shape index (κ1) is 16.0. The van der Waals surface area contributed by atoms with Gasteiger partial charge in [-0.25, -0.2) is 0 Å². The Morgan fingerprint density at radius 3 is 2.68 bits per heavy atom. The summed E-state index contributed by atoms with van der Waals surface area (Å²) in [6.07, 6.45) is 3.23. The van der Waals surface area contributed by atoms with Gasteiger partial charge in [-0.2, -0.15) is 0 Å². The van der Waals surface area contributed by atoms with Crippen LogP contribution in [0.15, 0.2) is 18.2 Å². The molecular weight excluding hydrogens is 238 g/mol. The van der Waals surface area contributed by atoms with Crippen molar-refractivity contribution < 1.29 is 9.47 Å². The number of ether oxygens (including phenoxy) is 2. The smallest absolute Gasteiger partial charge is 0.123 e. The van der Waals surface area contributed by atoms with Crippen LogP contribution in [0.2, 0.25) is 0 Å². The van der Waals surface area contributed by atoms with Gasteiger partial charge in [0, 0.05) is 25.8 Å². The number of unbranched alkanes of at least 4 members (excludes halogenated alkanes) is 1. The quantitative estimate of drug-likeness (QED) is 0.658. The van der Waals surface area contributed by atoms with Crippen LogP contribution in [0.1, 0.15) is 37.3 Å². The zero-order valence-corrected chi connectivity index (χ0v) is 12.5. The number of aryl methyl sites for hydroxylation is 1. The molecule has 108 valence electrons. The maximum atomic E-state index is 5.87. The zero-order chi connectivity index (χ0) is 13.9. The number of hydrogen-bond donors (Lipinski definition) is 1. The summed E-state index contributed by atoms with van der Waals surface area (Å²) in [6, 6.07) is 6.38. The second-order valence-electron chi connectivity index (χ2n) is 4.84. The summed E-state index contributed by atoms with van der Waals surface area (Å²) in [6.45, 7) is 7.78. The molecule has 0 radical (unpaired) electrons. The molecule has 0 saturated heterocycles. The van der Waals surface area contributed by atoms with Crippen molar-refractivity contribution in [1.29, 1.82) is 0 Å². The molecule has 1 aromatic rings. The van der Waals surface area contributed by atoms with E-state index in [2.05, 4.69) is 37.4 Å². The lowest BCUT2D eigenvalue weighted by atomic mass is 10.1. The van der Waals surface area contributed by atoms with Gasteiger partial charge in [-0.05, 0) is 38.8 Å². The summed E-state index contributed by atoms with van der Waals surface area (Å²) in [4.78, 5) is 0. The summed E-state index contributed by atoms with van der Waals surface area (Å²) in [7, 11) is 1.73. The lowest BCUT2D eigenvalue weighted by molar-refractivity contribution is 0.184. The van der Waals surface area contributed by atoms with Gasteiger partial charge in [-0.3, -0.25) is 0 Å². The third-order valence-corrected chi connectivity index (χ3v) is 2.96. The molecule has 0 saturated carbocycles. The van der Waals surface area contributed by atoms with Crippen LogP contribution < -0.4 is 10.1 Å². The standard InChI is InChI=1S/C16H27NO2/c1-4-9-17-13-15-12-14(2)7-8-16(15)19-11-6-5-10-18-3/h7-8,12,17H,4-6,9-11,13H2,1-3H3. The van der Waals surface area contributed by atoms with Crippen LogP contribution in [0.5, 0.6) is 5.75 Å². The minimum atomic E-state index is 0.757. The fourth-order valence-corrected chi connectivity index (χ4v) is 1.92. The van der Waals surface area contributed by atoms with E-state index in [1.165, 1.54) is 11.1 Å². The molecule has 0 aliphatic carbocycles. The average Bonchev–Trinajstić information content (AvgIpc) is 2.41. The van der Waals surface area contributed by atoms with E-state index < -0.39 is 0 Å². The lowest BCUT2D eigenvalue weighted by Crippen LogP contribution is -2.15. The van der Waals surface area contributed by atoms with Gasteiger partial charge in [0.25, 0.3) is 0 Å². The predicted molar refractivity (Wildman–Crippen MR) is 79.8 cm³/mol. The summed E-state index contributed by atoms with van der Waals surface area (Å²) in [5.74, 6) is 1.01. The molecule has 0 spiro atoms. The van der Waals surface area contributed by atoms with Crippen LogP contribution >= 0.6 is 0 Å². The highest BCUT2D eigenvalue weighted by Crippen LogP contribution is 2.20. The second-order valence-corrected chi connectivity index (χ2v) is 4.84. The monoisotopic (exact) mass is 265 g/mol. The molecule has 1 N–H and O–H groups in total. The molecule has 0 amide bonds. The van der Waals surface area contributed by atoms with Crippen molar-refractivity contribution in [3.8, 4) is 5.75 Å². The Hall–Kier alpha value is -1.06. The van der Waals surface area contributed by atoms with Crippen molar-refractivity contribution in [1.82, 2.24) is 5.32 Å². The first-order chi connectivity index (χ1) is 9.27. The highest BCUT2D eigenvalue weighted by Gasteiger charge is 2.03. The van der Waals surface area contributed by atoms with E-state index in [9.17, 15) is 0 Å². The van der Waals surface area contributed by atoms with Gasteiger partial charge >= 0.3 is 0 Å². The average molecular weight is 265 g/mol. The second kappa shape index (κ2) is 9.82. The third-order valence-electron chi connectivity index (χ3n) is 2.96. The van der Waals surface area contributed by atoms with Crippen molar-refractivity contribution in [3.05, 3.63) is 29.3 Å². The molecule has 0 heterocycles. The first-order valence-electron chi connectivity index (χ1n) is 7.20. The molecule has 3 nitrogen and oxygen atoms in total. The van der Waals surface area contributed by atoms with Gasteiger partial charge in [0.15, 0.2) is 0 Å². The normalized spacial score (nSPS) is 10.7. The number of methoxy groups -OCH3 is 1. The number of rotatable bonds is 10. The van der Waals surface area contributed by atoms with E-state index in [-0.39, 0.29) is 0 Å². The zero-order valence-electron chi connectivity index (χ0n) is 12.5. The number of benzene rings is 1. The molecule has 0 aliphatic heterocycles. The summed E-state index contributed by atoms with van der Waals surface area (Å²) >= 11 is 0. The molecule has 1 rings (SSSR count). The number of nitrogens with one attached hydrogen (secondary N) is 1. The number of hydrogen-bond acceptors (Lipinski definition) is 3. The fraction of sp³-hybridized carbons (Fsp3) is 0.625. The Bertz CT molecular complexity index is 353. The van der Waals surface area contributed by atoms with Crippen LogP contribution in [-0.2, 0) is 11.3 Å². The van der Waals surface area contributed by atoms with E-state index in [0.29, 0.717) is 0 Å². The molecule has 1 aromatic carbocycles. The summed E-state index contributed by atoms with van der Waals surface area (Å²) < 4.78 is 10.9. The molecule has 0 fully saturated rings. The first-order valence-corrected chi connectivity index (χ1v) is 7.20. The molecule has 3 heteroatoms. The Morgan fingerprint density at radius 2 is 1.95 bits per heavy atom. The van der Waals surface area contributed by atoms with Crippen molar-refractivity contribution in [2.45, 2.75) is 39.7 Å². The van der Waals surface area contributed by atoms with Crippen LogP contribution in [0.3, 0.4) is 0 Å². The Kier molecular flexibility index (Phi) is 8.26. The van der Waals surface area contributed by atoms with E-state index in [1.54, 1.807) is 7.11 Å². The SMILES string of the molecule is CCCNCc1cc(C)ccc1OCCCCOC. The van der Waals surface area contributed by atoms with Crippen molar-refractivity contribution in [2.24, 2.45) is 0 Å². The molecule has 0 aromatic heterocycles. The van der Waals surface area contributed by atoms with Crippen molar-refractivity contribution in [2.75, 3.05) is 26.9 Å². The van der Waals surface area contributed by atoms with E-state index >= 15 is 0 Å². The lowest BCUT2D eigenvalue weighted by Gasteiger charge is -2.13. The van der Waals surface area contributed by atoms with Gasteiger partial charge in [0.05, 0.1) is 6.61 Å². The van der Waals surface area contributed by atoms with Gasteiger partial charge in [-0.1, -0.05) is 24.6 Å². The van der Waals surface area contributed by atoms with Crippen molar-refractivity contribution in [3.63, 3.8) is 0 Å². The van der Waals surface area contributed by atoms with Crippen LogP contribution in [0.4, 0.5) is 0 Å². The maximum absolute atomic E-state index is 5.87. The minimum Gasteiger partial charge on any atom is -0.493 e. The van der Waals surface area contributed by atoms with Crippen LogP contribution in [-0.4, -0.2) is 26.9 Å². The molecule has 0 bridgehead atoms. The molecule has 0 aliphatic rings. The van der Waals surface area contributed by atoms with Crippen molar-refractivity contribution >= 4 is 0 Å². The maximum Gasteiger partial charge on any atom is 0.123 e. The third kappa shape index (κ3) is 6.60. The fourth-order valence-electron chi connectivity index (χ4n) is 1.92. The van der Waals surface area contributed by atoms with Gasteiger partial charge < -0.3 is 14.8 Å². The van der Waals surface area contributed by atoms with E-state index in [0.717, 1.165) is 51.3 Å². The molecule has 19 heavy (non-hydrogen) atoms.